The number of esters is 1. The van der Waals surface area contributed by atoms with Gasteiger partial charge in [0.2, 0.25) is 12.3 Å². The van der Waals surface area contributed by atoms with Crippen LogP contribution in [-0.2, 0) is 33.7 Å². The molecule has 7 heteroatoms. The van der Waals surface area contributed by atoms with E-state index in [4.69, 9.17) is 10.5 Å². The molecule has 0 radical (unpaired) electrons. The molecule has 6 rings (SSSR count). The van der Waals surface area contributed by atoms with Crippen LogP contribution in [0.25, 0.3) is 0 Å². The number of likely N-dealkylation sites (tertiary alicyclic amines) is 1. The van der Waals surface area contributed by atoms with Crippen molar-refractivity contribution in [2.24, 2.45) is 17.6 Å². The summed E-state index contributed by atoms with van der Waals surface area (Å²) in [7, 11) is 0. The molecule has 1 aliphatic carbocycles. The molecule has 224 valence electrons. The van der Waals surface area contributed by atoms with Crippen molar-refractivity contribution in [3.63, 3.8) is 0 Å². The van der Waals surface area contributed by atoms with Crippen LogP contribution in [0, 0.1) is 11.8 Å². The molecule has 3 N–H and O–H groups in total. The number of allylic oxidation sites excluding steroid dienone is 3. The molecule has 0 bridgehead atoms. The van der Waals surface area contributed by atoms with Crippen molar-refractivity contribution in [1.82, 2.24) is 15.1 Å². The van der Waals surface area contributed by atoms with E-state index in [1.54, 1.807) is 0 Å². The molecule has 7 nitrogen and oxygen atoms in total. The average Bonchev–Trinajstić information content (AvgIpc) is 3.37. The average molecular weight is 587 g/mol. The summed E-state index contributed by atoms with van der Waals surface area (Å²) in [4.78, 5) is 29.9. The van der Waals surface area contributed by atoms with E-state index < -0.39 is 12.0 Å². The fourth-order valence-corrected chi connectivity index (χ4v) is 6.46. The first-order valence-corrected chi connectivity index (χ1v) is 15.3. The van der Waals surface area contributed by atoms with Crippen LogP contribution in [0.15, 0.2) is 139 Å². The standard InChI is InChI=1S/C37H38N4O3/c38-32(23-28-15-6-2-7-16-28)37(43)44-36-35-31(24-34(39-26-42)41(36)25-29-17-8-3-9-18-29)30-20-10-11-21-33(30)40(35)22-12-19-27-13-4-1-5-14-27/h1-11,13-18,20-21,24,26,30-33H,12,19,22-23,25,38H2,(H,39,42)/t30?,31?,32-,33?/m0/s1. The zero-order valence-electron chi connectivity index (χ0n) is 24.7. The highest BCUT2D eigenvalue weighted by Gasteiger charge is 2.48. The minimum atomic E-state index is -0.856. The summed E-state index contributed by atoms with van der Waals surface area (Å²) in [6.45, 7) is 1.18. The highest BCUT2D eigenvalue weighted by atomic mass is 16.6. The van der Waals surface area contributed by atoms with Gasteiger partial charge in [-0.3, -0.25) is 9.69 Å². The molecule has 1 fully saturated rings. The van der Waals surface area contributed by atoms with Gasteiger partial charge in [-0.25, -0.2) is 4.79 Å². The van der Waals surface area contributed by atoms with Crippen molar-refractivity contribution in [3.05, 3.63) is 155 Å². The number of nitrogens with two attached hydrogens (primary N) is 1. The maximum Gasteiger partial charge on any atom is 0.329 e. The number of hydrogen-bond donors (Lipinski definition) is 2. The lowest BCUT2D eigenvalue weighted by Gasteiger charge is -2.37. The molecular formula is C37H38N4O3. The van der Waals surface area contributed by atoms with Gasteiger partial charge in [-0.1, -0.05) is 115 Å². The number of benzene rings is 3. The Labute approximate surface area is 259 Å². The van der Waals surface area contributed by atoms with Crippen LogP contribution < -0.4 is 11.1 Å². The summed E-state index contributed by atoms with van der Waals surface area (Å²) in [6.07, 6.45) is 13.6. The highest BCUT2D eigenvalue weighted by Crippen LogP contribution is 2.47. The van der Waals surface area contributed by atoms with Crippen LogP contribution >= 0.6 is 0 Å². The Bertz CT molecular complexity index is 1570. The van der Waals surface area contributed by atoms with Crippen molar-refractivity contribution >= 4 is 12.4 Å². The first-order valence-electron chi connectivity index (χ1n) is 15.3. The Morgan fingerprint density at radius 2 is 1.52 bits per heavy atom. The van der Waals surface area contributed by atoms with Gasteiger partial charge in [0.05, 0.1) is 18.3 Å². The molecule has 3 aromatic carbocycles. The summed E-state index contributed by atoms with van der Waals surface area (Å²) in [5, 5.41) is 2.90. The van der Waals surface area contributed by atoms with Gasteiger partial charge in [0.25, 0.3) is 0 Å². The maximum absolute atomic E-state index is 13.7. The summed E-state index contributed by atoms with van der Waals surface area (Å²) in [5.74, 6) is 0.534. The molecule has 0 spiro atoms. The van der Waals surface area contributed by atoms with Crippen LogP contribution in [0.5, 0.6) is 0 Å². The molecule has 2 heterocycles. The van der Waals surface area contributed by atoms with E-state index in [2.05, 4.69) is 64.9 Å². The first kappa shape index (κ1) is 29.2. The van der Waals surface area contributed by atoms with E-state index in [1.807, 2.05) is 71.6 Å². The van der Waals surface area contributed by atoms with Crippen molar-refractivity contribution in [1.29, 1.82) is 0 Å². The number of ether oxygens (including phenoxy) is 1. The second-order valence-electron chi connectivity index (χ2n) is 11.4. The number of carbonyl (C=O) groups excluding carboxylic acids is 2. The maximum atomic E-state index is 13.7. The second-order valence-corrected chi connectivity index (χ2v) is 11.4. The van der Waals surface area contributed by atoms with Gasteiger partial charge in [-0.05, 0) is 42.0 Å². The number of rotatable bonds is 12. The zero-order valence-corrected chi connectivity index (χ0v) is 24.7. The van der Waals surface area contributed by atoms with Crippen molar-refractivity contribution in [2.75, 3.05) is 6.54 Å². The Kier molecular flexibility index (Phi) is 9.03. The predicted octanol–water partition coefficient (Wildman–Crippen LogP) is 5.05. The van der Waals surface area contributed by atoms with Gasteiger partial charge >= 0.3 is 5.97 Å². The number of carbonyl (C=O) groups is 2. The molecule has 44 heavy (non-hydrogen) atoms. The summed E-state index contributed by atoms with van der Waals surface area (Å²) < 4.78 is 6.36. The smallest absolute Gasteiger partial charge is 0.329 e. The van der Waals surface area contributed by atoms with E-state index in [0.29, 0.717) is 31.1 Å². The summed E-state index contributed by atoms with van der Waals surface area (Å²) >= 11 is 0. The number of nitrogens with one attached hydrogen (secondary N) is 1. The van der Waals surface area contributed by atoms with E-state index >= 15 is 0 Å². The Morgan fingerprint density at radius 3 is 2.20 bits per heavy atom. The largest absolute Gasteiger partial charge is 0.406 e. The minimum Gasteiger partial charge on any atom is -0.406 e. The first-order chi connectivity index (χ1) is 21.6. The number of fused-ring (bicyclic) bond motifs is 3. The third-order valence-electron chi connectivity index (χ3n) is 8.54. The van der Waals surface area contributed by atoms with Crippen LogP contribution in [-0.4, -0.2) is 40.8 Å². The van der Waals surface area contributed by atoms with Gasteiger partial charge in [0, 0.05) is 18.4 Å². The van der Waals surface area contributed by atoms with Gasteiger partial charge in [0.15, 0.2) is 0 Å². The molecule has 3 aliphatic rings. The lowest BCUT2D eigenvalue weighted by Crippen LogP contribution is -2.42. The van der Waals surface area contributed by atoms with Crippen LogP contribution in [0.1, 0.15) is 23.1 Å². The lowest BCUT2D eigenvalue weighted by molar-refractivity contribution is -0.143. The molecule has 0 aromatic heterocycles. The van der Waals surface area contributed by atoms with Crippen molar-refractivity contribution in [2.45, 2.75) is 37.9 Å². The number of nitrogens with zero attached hydrogens (tertiary/aromatic N) is 2. The number of hydrogen-bond acceptors (Lipinski definition) is 6. The fraction of sp³-hybridized carbons (Fsp3) is 0.243. The van der Waals surface area contributed by atoms with Gasteiger partial charge in [-0.15, -0.1) is 0 Å². The highest BCUT2D eigenvalue weighted by molar-refractivity contribution is 5.77. The molecule has 3 unspecified atom stereocenters. The Hall–Kier alpha value is -4.88. The molecule has 4 atom stereocenters. The lowest BCUT2D eigenvalue weighted by atomic mass is 9.85. The number of amides is 1. The minimum absolute atomic E-state index is 0.0906. The summed E-state index contributed by atoms with van der Waals surface area (Å²) in [5.41, 5.74) is 10.7. The third-order valence-corrected chi connectivity index (χ3v) is 8.54. The SMILES string of the molecule is N[C@@H](Cc1ccccc1)C(=O)OC1=C2C(C=C(NC=O)N1Cc1ccccc1)C1C=CC=CC1N2CCCc1ccccc1. The molecule has 1 saturated heterocycles. The van der Waals surface area contributed by atoms with Gasteiger partial charge in [-0.2, -0.15) is 0 Å². The van der Waals surface area contributed by atoms with E-state index in [0.717, 1.165) is 36.2 Å². The van der Waals surface area contributed by atoms with Gasteiger partial charge in [0.1, 0.15) is 11.9 Å². The predicted molar refractivity (Wildman–Crippen MR) is 171 cm³/mol. The Morgan fingerprint density at radius 1 is 0.886 bits per heavy atom. The molecule has 1 amide bonds. The van der Waals surface area contributed by atoms with Crippen LogP contribution in [0.4, 0.5) is 0 Å². The molecule has 3 aromatic rings. The van der Waals surface area contributed by atoms with Crippen molar-refractivity contribution in [3.8, 4) is 0 Å². The van der Waals surface area contributed by atoms with Crippen LogP contribution in [0.3, 0.4) is 0 Å². The Balaban J connectivity index is 1.38. The quantitative estimate of drug-likeness (QED) is 0.228. The third kappa shape index (κ3) is 6.38. The second kappa shape index (κ2) is 13.6. The molecule has 0 saturated carbocycles. The number of aryl methyl sites for hydroxylation is 1. The zero-order chi connectivity index (χ0) is 30.3. The monoisotopic (exact) mass is 586 g/mol. The molecular weight excluding hydrogens is 548 g/mol. The van der Waals surface area contributed by atoms with Gasteiger partial charge < -0.3 is 20.7 Å². The normalized spacial score (nSPS) is 20.9. The molecule has 2 aliphatic heterocycles. The topological polar surface area (TPSA) is 87.9 Å². The van der Waals surface area contributed by atoms with E-state index in [-0.39, 0.29) is 17.9 Å². The summed E-state index contributed by atoms with van der Waals surface area (Å²) in [6, 6.07) is 29.4. The van der Waals surface area contributed by atoms with Crippen LogP contribution in [0.2, 0.25) is 0 Å². The van der Waals surface area contributed by atoms with Crippen molar-refractivity contribution < 1.29 is 14.3 Å². The van der Waals surface area contributed by atoms with E-state index in [1.165, 1.54) is 5.56 Å². The fourth-order valence-electron chi connectivity index (χ4n) is 6.46. The van der Waals surface area contributed by atoms with E-state index in [9.17, 15) is 9.59 Å².